The molecule has 0 radical (unpaired) electrons. The summed E-state index contributed by atoms with van der Waals surface area (Å²) >= 11 is 0. The van der Waals surface area contributed by atoms with Gasteiger partial charge in [-0.2, -0.15) is 0 Å². The molecule has 1 N–H and O–H groups in total. The summed E-state index contributed by atoms with van der Waals surface area (Å²) in [5, 5.41) is 2.84. The molecule has 0 aliphatic heterocycles. The highest BCUT2D eigenvalue weighted by Crippen LogP contribution is 2.09. The summed E-state index contributed by atoms with van der Waals surface area (Å²) < 4.78 is 18.0. The Kier molecular flexibility index (Phi) is 5.10. The number of carbonyl (C=O) groups excluding carboxylic acids is 1. The highest BCUT2D eigenvalue weighted by atomic mass is 19.1. The molecule has 4 heteroatoms. The van der Waals surface area contributed by atoms with Crippen LogP contribution >= 0.6 is 0 Å². The van der Waals surface area contributed by atoms with Crippen LogP contribution in [0.25, 0.3) is 0 Å². The van der Waals surface area contributed by atoms with Crippen molar-refractivity contribution >= 4 is 5.91 Å². The number of nitrogens with one attached hydrogen (secondary N) is 1. The molecule has 1 unspecified atom stereocenters. The largest absolute Gasteiger partial charge is 0.385 e. The fraction of sp³-hybridized carbons (Fsp3) is 0.462. The van der Waals surface area contributed by atoms with Crippen LogP contribution in [0.1, 0.15) is 29.3 Å². The molecular weight excluding hydrogens is 221 g/mol. The molecule has 1 aromatic rings. The highest BCUT2D eigenvalue weighted by Gasteiger charge is 2.10. The van der Waals surface area contributed by atoms with Crippen molar-refractivity contribution in [2.45, 2.75) is 26.3 Å². The monoisotopic (exact) mass is 239 g/mol. The fourth-order valence-corrected chi connectivity index (χ4v) is 1.46. The minimum Gasteiger partial charge on any atom is -0.385 e. The summed E-state index contributed by atoms with van der Waals surface area (Å²) in [6.07, 6.45) is 0.752. The van der Waals surface area contributed by atoms with Crippen molar-refractivity contribution < 1.29 is 13.9 Å². The number of amides is 1. The van der Waals surface area contributed by atoms with Gasteiger partial charge in [-0.15, -0.1) is 0 Å². The fourth-order valence-electron chi connectivity index (χ4n) is 1.46. The molecule has 1 atom stereocenters. The molecule has 1 rings (SSSR count). The van der Waals surface area contributed by atoms with Crippen LogP contribution in [0.2, 0.25) is 0 Å². The van der Waals surface area contributed by atoms with E-state index in [0.717, 1.165) is 6.42 Å². The van der Waals surface area contributed by atoms with Crippen molar-refractivity contribution in [3.63, 3.8) is 0 Å². The maximum atomic E-state index is 13.0. The van der Waals surface area contributed by atoms with Gasteiger partial charge in [-0.05, 0) is 44.0 Å². The van der Waals surface area contributed by atoms with E-state index in [4.69, 9.17) is 4.74 Å². The van der Waals surface area contributed by atoms with Crippen molar-refractivity contribution in [2.75, 3.05) is 13.7 Å². The molecule has 0 heterocycles. The molecule has 0 fully saturated rings. The van der Waals surface area contributed by atoms with E-state index in [1.54, 1.807) is 20.1 Å². The molecule has 0 aliphatic rings. The maximum Gasteiger partial charge on any atom is 0.251 e. The van der Waals surface area contributed by atoms with E-state index in [1.165, 1.54) is 12.1 Å². The molecule has 0 saturated heterocycles. The standard InChI is InChI=1S/C13H18FNO2/c1-9-8-11(4-5-12(9)14)13(16)15-10(2)6-7-17-3/h4-5,8,10H,6-7H2,1-3H3,(H,15,16). The highest BCUT2D eigenvalue weighted by molar-refractivity contribution is 5.94. The van der Waals surface area contributed by atoms with Crippen LogP contribution in [0.5, 0.6) is 0 Å². The summed E-state index contributed by atoms with van der Waals surface area (Å²) in [5.74, 6) is -0.481. The van der Waals surface area contributed by atoms with E-state index in [9.17, 15) is 9.18 Å². The normalized spacial score (nSPS) is 12.2. The zero-order valence-electron chi connectivity index (χ0n) is 10.4. The quantitative estimate of drug-likeness (QED) is 0.856. The summed E-state index contributed by atoms with van der Waals surface area (Å²) in [7, 11) is 1.62. The van der Waals surface area contributed by atoms with Crippen molar-refractivity contribution in [3.05, 3.63) is 35.1 Å². The van der Waals surface area contributed by atoms with E-state index in [-0.39, 0.29) is 17.8 Å². The predicted octanol–water partition coefficient (Wildman–Crippen LogP) is 2.29. The summed E-state index contributed by atoms with van der Waals surface area (Å²) in [6, 6.07) is 4.38. The van der Waals surface area contributed by atoms with Crippen LogP contribution in [-0.4, -0.2) is 25.7 Å². The lowest BCUT2D eigenvalue weighted by molar-refractivity contribution is 0.0929. The number of aryl methyl sites for hydroxylation is 1. The molecule has 0 aromatic heterocycles. The molecule has 0 aliphatic carbocycles. The molecule has 3 nitrogen and oxygen atoms in total. The van der Waals surface area contributed by atoms with Gasteiger partial charge in [0.05, 0.1) is 0 Å². The van der Waals surface area contributed by atoms with Crippen LogP contribution in [0.3, 0.4) is 0 Å². The third-order valence-corrected chi connectivity index (χ3v) is 2.55. The van der Waals surface area contributed by atoms with Gasteiger partial charge in [0.15, 0.2) is 0 Å². The van der Waals surface area contributed by atoms with E-state index in [1.807, 2.05) is 6.92 Å². The minimum absolute atomic E-state index is 0.0350. The lowest BCUT2D eigenvalue weighted by atomic mass is 10.1. The Balaban J connectivity index is 2.60. The van der Waals surface area contributed by atoms with E-state index < -0.39 is 0 Å². The molecule has 1 amide bonds. The van der Waals surface area contributed by atoms with Gasteiger partial charge < -0.3 is 10.1 Å². The predicted molar refractivity (Wildman–Crippen MR) is 64.6 cm³/mol. The summed E-state index contributed by atoms with van der Waals surface area (Å²) in [5.41, 5.74) is 0.954. The van der Waals surface area contributed by atoms with Crippen LogP contribution in [-0.2, 0) is 4.74 Å². The zero-order valence-corrected chi connectivity index (χ0v) is 10.4. The summed E-state index contributed by atoms with van der Waals surface area (Å²) in [4.78, 5) is 11.8. The number of benzene rings is 1. The SMILES string of the molecule is COCCC(C)NC(=O)c1ccc(F)c(C)c1. The van der Waals surface area contributed by atoms with E-state index >= 15 is 0 Å². The number of hydrogen-bond acceptors (Lipinski definition) is 2. The average Bonchev–Trinajstić information content (AvgIpc) is 2.30. The smallest absolute Gasteiger partial charge is 0.251 e. The molecule has 0 saturated carbocycles. The molecular formula is C13H18FNO2. The Bertz CT molecular complexity index is 393. The van der Waals surface area contributed by atoms with Gasteiger partial charge in [-0.25, -0.2) is 4.39 Å². The van der Waals surface area contributed by atoms with Gasteiger partial charge in [0.1, 0.15) is 5.82 Å². The number of methoxy groups -OCH3 is 1. The Morgan fingerprint density at radius 1 is 1.53 bits per heavy atom. The lowest BCUT2D eigenvalue weighted by Gasteiger charge is -2.13. The van der Waals surface area contributed by atoms with Gasteiger partial charge >= 0.3 is 0 Å². The summed E-state index contributed by atoms with van der Waals surface area (Å²) in [6.45, 7) is 4.15. The first-order valence-corrected chi connectivity index (χ1v) is 5.60. The number of carbonyl (C=O) groups is 1. The van der Waals surface area contributed by atoms with Crippen molar-refractivity contribution in [1.29, 1.82) is 0 Å². The molecule has 17 heavy (non-hydrogen) atoms. The topological polar surface area (TPSA) is 38.3 Å². The maximum absolute atomic E-state index is 13.0. The first-order valence-electron chi connectivity index (χ1n) is 5.60. The lowest BCUT2D eigenvalue weighted by Crippen LogP contribution is -2.33. The molecule has 0 spiro atoms. The van der Waals surface area contributed by atoms with Gasteiger partial charge in [0, 0.05) is 25.3 Å². The second kappa shape index (κ2) is 6.35. The third kappa shape index (κ3) is 4.15. The number of ether oxygens (including phenoxy) is 1. The number of rotatable bonds is 5. The van der Waals surface area contributed by atoms with Crippen LogP contribution in [0, 0.1) is 12.7 Å². The first-order chi connectivity index (χ1) is 8.04. The van der Waals surface area contributed by atoms with Crippen LogP contribution < -0.4 is 5.32 Å². The van der Waals surface area contributed by atoms with Crippen LogP contribution in [0.4, 0.5) is 4.39 Å². The van der Waals surface area contributed by atoms with Crippen LogP contribution in [0.15, 0.2) is 18.2 Å². The Hall–Kier alpha value is -1.42. The van der Waals surface area contributed by atoms with Gasteiger partial charge in [0.25, 0.3) is 5.91 Å². The zero-order chi connectivity index (χ0) is 12.8. The minimum atomic E-state index is -0.297. The van der Waals surface area contributed by atoms with Gasteiger partial charge in [0.2, 0.25) is 0 Å². The number of halogens is 1. The second-order valence-corrected chi connectivity index (χ2v) is 4.12. The Morgan fingerprint density at radius 2 is 2.24 bits per heavy atom. The van der Waals surface area contributed by atoms with Crippen molar-refractivity contribution in [1.82, 2.24) is 5.32 Å². The Morgan fingerprint density at radius 3 is 2.82 bits per heavy atom. The average molecular weight is 239 g/mol. The third-order valence-electron chi connectivity index (χ3n) is 2.55. The number of hydrogen-bond donors (Lipinski definition) is 1. The second-order valence-electron chi connectivity index (χ2n) is 4.12. The van der Waals surface area contributed by atoms with E-state index in [2.05, 4.69) is 5.32 Å². The molecule has 1 aromatic carbocycles. The van der Waals surface area contributed by atoms with E-state index in [0.29, 0.717) is 17.7 Å². The molecule has 0 bridgehead atoms. The Labute approximate surface area is 101 Å². The van der Waals surface area contributed by atoms with Gasteiger partial charge in [-0.1, -0.05) is 0 Å². The van der Waals surface area contributed by atoms with Crippen molar-refractivity contribution in [2.24, 2.45) is 0 Å². The first kappa shape index (κ1) is 13.6. The van der Waals surface area contributed by atoms with Gasteiger partial charge in [-0.3, -0.25) is 4.79 Å². The van der Waals surface area contributed by atoms with Crippen molar-refractivity contribution in [3.8, 4) is 0 Å². The molecule has 94 valence electrons.